The summed E-state index contributed by atoms with van der Waals surface area (Å²) in [5.41, 5.74) is 12.4. The molecule has 4 rings (SSSR count). The second kappa shape index (κ2) is 7.28. The highest BCUT2D eigenvalue weighted by molar-refractivity contribution is 5.80. The molecule has 4 nitrogen and oxygen atoms in total. The quantitative estimate of drug-likeness (QED) is 0.844. The monoisotopic (exact) mass is 351 g/mol. The third-order valence-electron chi connectivity index (χ3n) is 6.03. The van der Waals surface area contributed by atoms with E-state index in [1.54, 1.807) is 0 Å². The fourth-order valence-corrected chi connectivity index (χ4v) is 4.44. The van der Waals surface area contributed by atoms with Crippen LogP contribution >= 0.6 is 0 Å². The summed E-state index contributed by atoms with van der Waals surface area (Å²) in [4.78, 5) is 6.77. The molecule has 1 heterocycles. The number of hydrogen-bond donors (Lipinski definition) is 1. The summed E-state index contributed by atoms with van der Waals surface area (Å²) in [5.74, 6) is 0.718. The maximum absolute atomic E-state index is 6.48. The molecule has 0 amide bonds. The lowest BCUT2D eigenvalue weighted by Crippen LogP contribution is -2.35. The first kappa shape index (κ1) is 17.3. The van der Waals surface area contributed by atoms with E-state index in [0.29, 0.717) is 6.04 Å². The van der Waals surface area contributed by atoms with E-state index in [4.69, 9.17) is 10.5 Å². The Bertz CT molecular complexity index is 779. The van der Waals surface area contributed by atoms with Crippen LogP contribution < -0.4 is 10.5 Å². The number of anilines is 1. The number of rotatable bonds is 4. The molecule has 0 unspecified atom stereocenters. The van der Waals surface area contributed by atoms with Gasteiger partial charge in [0, 0.05) is 29.6 Å². The maximum atomic E-state index is 6.48. The molecular formula is C22H29N3O. The van der Waals surface area contributed by atoms with E-state index in [0.717, 1.165) is 48.4 Å². The summed E-state index contributed by atoms with van der Waals surface area (Å²) >= 11 is 0. The van der Waals surface area contributed by atoms with Crippen molar-refractivity contribution in [1.82, 2.24) is 9.88 Å². The van der Waals surface area contributed by atoms with Crippen molar-refractivity contribution in [1.29, 1.82) is 0 Å². The summed E-state index contributed by atoms with van der Waals surface area (Å²) in [6.45, 7) is 0. The van der Waals surface area contributed by atoms with Crippen molar-refractivity contribution in [3.8, 4) is 17.0 Å². The molecule has 2 N–H and O–H groups in total. The van der Waals surface area contributed by atoms with Crippen molar-refractivity contribution in [2.24, 2.45) is 0 Å². The van der Waals surface area contributed by atoms with Crippen LogP contribution in [-0.4, -0.2) is 36.1 Å². The van der Waals surface area contributed by atoms with Crippen LogP contribution in [0.5, 0.6) is 5.88 Å². The molecule has 0 atom stereocenters. The van der Waals surface area contributed by atoms with E-state index < -0.39 is 0 Å². The second-order valence-corrected chi connectivity index (χ2v) is 7.91. The number of nitrogens with two attached hydrogens (primary N) is 1. The number of nitrogen functional groups attached to an aromatic ring is 1. The van der Waals surface area contributed by atoms with Gasteiger partial charge in [0.25, 0.3) is 0 Å². The molecule has 1 saturated carbocycles. The molecule has 0 bridgehead atoms. The Labute approximate surface area is 156 Å². The van der Waals surface area contributed by atoms with E-state index in [1.807, 2.05) is 18.3 Å². The van der Waals surface area contributed by atoms with Gasteiger partial charge in [-0.1, -0.05) is 12.1 Å². The van der Waals surface area contributed by atoms with Gasteiger partial charge in [-0.3, -0.25) is 0 Å². The Hall–Kier alpha value is -2.07. The lowest BCUT2D eigenvalue weighted by atomic mass is 9.92. The van der Waals surface area contributed by atoms with Gasteiger partial charge in [0.2, 0.25) is 5.88 Å². The fourth-order valence-electron chi connectivity index (χ4n) is 4.44. The molecule has 2 aliphatic rings. The van der Waals surface area contributed by atoms with E-state index in [1.165, 1.54) is 30.4 Å². The average Bonchev–Trinajstić information content (AvgIpc) is 3.12. The highest BCUT2D eigenvalue weighted by atomic mass is 16.5. The van der Waals surface area contributed by atoms with Crippen LogP contribution in [0.1, 0.15) is 43.2 Å². The summed E-state index contributed by atoms with van der Waals surface area (Å²) in [6.07, 6.45) is 10.1. The topological polar surface area (TPSA) is 51.4 Å². The minimum Gasteiger partial charge on any atom is -0.474 e. The lowest BCUT2D eigenvalue weighted by Gasteiger charge is -2.32. The normalized spacial score (nSPS) is 22.4. The Kier molecular flexibility index (Phi) is 4.86. The average molecular weight is 351 g/mol. The fraction of sp³-hybridized carbons (Fsp3) is 0.500. The smallest absolute Gasteiger partial charge is 0.214 e. The first-order valence-corrected chi connectivity index (χ1v) is 9.81. The number of benzene rings is 1. The maximum Gasteiger partial charge on any atom is 0.214 e. The van der Waals surface area contributed by atoms with Crippen molar-refractivity contribution in [3.63, 3.8) is 0 Å². The zero-order chi connectivity index (χ0) is 18.1. The number of aryl methyl sites for hydroxylation is 1. The molecule has 0 aliphatic heterocycles. The number of ether oxygens (including phenoxy) is 1. The van der Waals surface area contributed by atoms with Crippen LogP contribution in [-0.2, 0) is 12.8 Å². The molecule has 4 heteroatoms. The SMILES string of the molecule is CN(C)C1CCC(Oc2cc(-c3ccc4c(c3N)CCC4)ccn2)CC1. The largest absolute Gasteiger partial charge is 0.474 e. The molecule has 26 heavy (non-hydrogen) atoms. The Morgan fingerprint density at radius 1 is 1.08 bits per heavy atom. The minimum atomic E-state index is 0.270. The van der Waals surface area contributed by atoms with Gasteiger partial charge in [0.05, 0.1) is 0 Å². The first-order chi connectivity index (χ1) is 12.6. The van der Waals surface area contributed by atoms with Crippen LogP contribution in [0, 0.1) is 0 Å². The van der Waals surface area contributed by atoms with Crippen LogP contribution in [0.3, 0.4) is 0 Å². The minimum absolute atomic E-state index is 0.270. The summed E-state index contributed by atoms with van der Waals surface area (Å²) in [6, 6.07) is 9.15. The zero-order valence-corrected chi connectivity index (χ0v) is 15.9. The van der Waals surface area contributed by atoms with Crippen LogP contribution in [0.4, 0.5) is 5.69 Å². The van der Waals surface area contributed by atoms with Gasteiger partial charge in [-0.25, -0.2) is 4.98 Å². The predicted molar refractivity (Wildman–Crippen MR) is 106 cm³/mol. The van der Waals surface area contributed by atoms with Gasteiger partial charge in [0.1, 0.15) is 6.10 Å². The molecular weight excluding hydrogens is 322 g/mol. The van der Waals surface area contributed by atoms with Crippen molar-refractivity contribution in [3.05, 3.63) is 41.6 Å². The van der Waals surface area contributed by atoms with E-state index in [9.17, 15) is 0 Å². The zero-order valence-electron chi connectivity index (χ0n) is 15.9. The molecule has 1 aromatic heterocycles. The van der Waals surface area contributed by atoms with Gasteiger partial charge >= 0.3 is 0 Å². The van der Waals surface area contributed by atoms with Crippen molar-refractivity contribution in [2.75, 3.05) is 19.8 Å². The van der Waals surface area contributed by atoms with Crippen molar-refractivity contribution >= 4 is 5.69 Å². The molecule has 1 aromatic carbocycles. The first-order valence-electron chi connectivity index (χ1n) is 9.81. The molecule has 1 fully saturated rings. The highest BCUT2D eigenvalue weighted by Gasteiger charge is 2.24. The molecule has 0 radical (unpaired) electrons. The van der Waals surface area contributed by atoms with Crippen molar-refractivity contribution in [2.45, 2.75) is 57.1 Å². The lowest BCUT2D eigenvalue weighted by molar-refractivity contribution is 0.107. The second-order valence-electron chi connectivity index (χ2n) is 7.91. The van der Waals surface area contributed by atoms with E-state index in [-0.39, 0.29) is 6.10 Å². The van der Waals surface area contributed by atoms with Gasteiger partial charge < -0.3 is 15.4 Å². The molecule has 138 valence electrons. The van der Waals surface area contributed by atoms with Gasteiger partial charge in [-0.15, -0.1) is 0 Å². The summed E-state index contributed by atoms with van der Waals surface area (Å²) in [7, 11) is 4.33. The number of pyridine rings is 1. The number of nitrogens with zero attached hydrogens (tertiary/aromatic N) is 2. The Balaban J connectivity index is 1.50. The van der Waals surface area contributed by atoms with Crippen LogP contribution in [0.15, 0.2) is 30.5 Å². The Morgan fingerprint density at radius 3 is 2.65 bits per heavy atom. The van der Waals surface area contributed by atoms with Crippen LogP contribution in [0.2, 0.25) is 0 Å². The number of aromatic nitrogens is 1. The van der Waals surface area contributed by atoms with Crippen molar-refractivity contribution < 1.29 is 4.74 Å². The molecule has 2 aliphatic carbocycles. The standard InChI is InChI=1S/C22H29N3O/c1-25(2)17-7-9-18(10-8-17)26-21-14-16(12-13-24-21)20-11-6-15-4-3-5-19(15)22(20)23/h6,11-14,17-18H,3-5,7-10,23H2,1-2H3. The molecule has 0 spiro atoms. The van der Waals surface area contributed by atoms with Crippen LogP contribution in [0.25, 0.3) is 11.1 Å². The van der Waals surface area contributed by atoms with Gasteiger partial charge in [0.15, 0.2) is 0 Å². The van der Waals surface area contributed by atoms with E-state index in [2.05, 4.69) is 36.1 Å². The number of hydrogen-bond acceptors (Lipinski definition) is 4. The predicted octanol–water partition coefficient (Wildman–Crippen LogP) is 4.07. The van der Waals surface area contributed by atoms with Gasteiger partial charge in [-0.05, 0) is 81.8 Å². The Morgan fingerprint density at radius 2 is 1.88 bits per heavy atom. The van der Waals surface area contributed by atoms with E-state index >= 15 is 0 Å². The molecule has 2 aromatic rings. The number of fused-ring (bicyclic) bond motifs is 1. The molecule has 0 saturated heterocycles. The van der Waals surface area contributed by atoms with Gasteiger partial charge in [-0.2, -0.15) is 0 Å². The third-order valence-corrected chi connectivity index (χ3v) is 6.03. The summed E-state index contributed by atoms with van der Waals surface area (Å²) in [5, 5.41) is 0. The summed E-state index contributed by atoms with van der Waals surface area (Å²) < 4.78 is 6.21. The highest BCUT2D eigenvalue weighted by Crippen LogP contribution is 2.36. The third kappa shape index (κ3) is 3.43.